The van der Waals surface area contributed by atoms with Crippen molar-refractivity contribution in [3.05, 3.63) is 62.9 Å². The Morgan fingerprint density at radius 3 is 2.88 bits per heavy atom. The maximum absolute atomic E-state index is 10.7. The monoisotopic (exact) mass is 366 g/mol. The summed E-state index contributed by atoms with van der Waals surface area (Å²) in [6.45, 7) is 0. The van der Waals surface area contributed by atoms with Crippen LogP contribution in [0, 0.1) is 3.95 Å². The van der Waals surface area contributed by atoms with Crippen molar-refractivity contribution >= 4 is 47.1 Å². The molecule has 0 radical (unpaired) electrons. The number of fused-ring (bicyclic) bond motifs is 1. The molecule has 0 unspecified atom stereocenters. The summed E-state index contributed by atoms with van der Waals surface area (Å²) in [5.74, 6) is 0.829. The zero-order chi connectivity index (χ0) is 17.4. The molecule has 1 aliphatic heterocycles. The molecule has 3 aromatic rings. The molecule has 4 nitrogen and oxygen atoms in total. The molecule has 4 rings (SSSR count). The van der Waals surface area contributed by atoms with Gasteiger partial charge in [0.2, 0.25) is 5.88 Å². The van der Waals surface area contributed by atoms with Gasteiger partial charge in [0.25, 0.3) is 0 Å². The fourth-order valence-corrected chi connectivity index (χ4v) is 4.05. The lowest BCUT2D eigenvalue weighted by atomic mass is 10.1. The number of ether oxygens (including phenoxy) is 1. The molecule has 0 saturated carbocycles. The Labute approximate surface area is 154 Å². The Kier molecular flexibility index (Phi) is 3.99. The Morgan fingerprint density at radius 1 is 1.20 bits per heavy atom. The van der Waals surface area contributed by atoms with E-state index in [2.05, 4.69) is 4.99 Å². The maximum Gasteiger partial charge on any atom is 0.215 e. The standard InChI is InChI=1S/C19H14N2O2S2/c1-23-14-6-4-5-13(10-14)21-18(22)17(25-19(21)24)9-12-11-20-16-8-3-2-7-15(12)16/h2-11,22H,1H3. The van der Waals surface area contributed by atoms with Crippen LogP contribution in [0.3, 0.4) is 0 Å². The zero-order valence-corrected chi connectivity index (χ0v) is 15.0. The van der Waals surface area contributed by atoms with Crippen LogP contribution in [-0.4, -0.2) is 23.0 Å². The van der Waals surface area contributed by atoms with Crippen LogP contribution in [-0.2, 0) is 0 Å². The van der Waals surface area contributed by atoms with Crippen molar-refractivity contribution in [2.45, 2.75) is 0 Å². The minimum absolute atomic E-state index is 0.119. The third-order valence-electron chi connectivity index (χ3n) is 3.97. The normalized spacial score (nSPS) is 14.0. The molecular weight excluding hydrogens is 352 g/mol. The quantitative estimate of drug-likeness (QED) is 0.645. The molecule has 0 atom stereocenters. The van der Waals surface area contributed by atoms with E-state index in [-0.39, 0.29) is 5.88 Å². The molecule has 1 N–H and O–H groups in total. The molecule has 1 aliphatic rings. The molecule has 124 valence electrons. The van der Waals surface area contributed by atoms with E-state index in [4.69, 9.17) is 17.0 Å². The fourth-order valence-electron chi connectivity index (χ4n) is 2.75. The second-order valence-corrected chi connectivity index (χ2v) is 7.14. The molecular formula is C19H14N2O2S2. The molecule has 6 heteroatoms. The first kappa shape index (κ1) is 15.8. The average molecular weight is 366 g/mol. The fraction of sp³-hybridized carbons (Fsp3) is 0.0526. The number of allylic oxidation sites excluding steroid dienone is 1. The highest BCUT2D eigenvalue weighted by Gasteiger charge is 2.16. The molecule has 0 fully saturated rings. The first-order valence-corrected chi connectivity index (χ1v) is 8.84. The minimum atomic E-state index is 0.119. The summed E-state index contributed by atoms with van der Waals surface area (Å²) in [7, 11) is 1.61. The number of hydrogen-bond acceptors (Lipinski definition) is 5. The van der Waals surface area contributed by atoms with Gasteiger partial charge in [0.05, 0.1) is 23.4 Å². The van der Waals surface area contributed by atoms with Crippen LogP contribution in [0.5, 0.6) is 11.6 Å². The average Bonchev–Trinajstić information content (AvgIpc) is 3.16. The van der Waals surface area contributed by atoms with Crippen LogP contribution in [0.15, 0.2) is 53.5 Å². The van der Waals surface area contributed by atoms with Gasteiger partial charge < -0.3 is 9.84 Å². The van der Waals surface area contributed by atoms with Crippen molar-refractivity contribution in [3.8, 4) is 17.3 Å². The minimum Gasteiger partial charge on any atom is -0.497 e. The number of para-hydroxylation sites is 1. The third-order valence-corrected chi connectivity index (χ3v) is 5.28. The van der Waals surface area contributed by atoms with Crippen molar-refractivity contribution in [2.24, 2.45) is 4.99 Å². The Bertz CT molecular complexity index is 1080. The summed E-state index contributed by atoms with van der Waals surface area (Å²) in [6.07, 6.45) is 3.73. The topological polar surface area (TPSA) is 46.8 Å². The number of benzene rings is 2. The van der Waals surface area contributed by atoms with Gasteiger partial charge in [-0.2, -0.15) is 0 Å². The van der Waals surface area contributed by atoms with Gasteiger partial charge in [-0.3, -0.25) is 9.56 Å². The van der Waals surface area contributed by atoms with E-state index < -0.39 is 0 Å². The number of nitrogens with zero attached hydrogens (tertiary/aromatic N) is 2. The summed E-state index contributed by atoms with van der Waals surface area (Å²) in [6, 6.07) is 15.4. The van der Waals surface area contributed by atoms with Crippen molar-refractivity contribution in [2.75, 3.05) is 7.11 Å². The molecule has 25 heavy (non-hydrogen) atoms. The van der Waals surface area contributed by atoms with Gasteiger partial charge in [0, 0.05) is 23.4 Å². The first-order valence-electron chi connectivity index (χ1n) is 7.62. The van der Waals surface area contributed by atoms with Crippen molar-refractivity contribution in [3.63, 3.8) is 0 Å². The van der Waals surface area contributed by atoms with Gasteiger partial charge in [0.1, 0.15) is 5.75 Å². The predicted molar refractivity (Wildman–Crippen MR) is 105 cm³/mol. The molecule has 2 aromatic carbocycles. The Morgan fingerprint density at radius 2 is 2.04 bits per heavy atom. The molecule has 0 spiro atoms. The van der Waals surface area contributed by atoms with Gasteiger partial charge in [-0.15, -0.1) is 11.3 Å². The highest BCUT2D eigenvalue weighted by Crippen LogP contribution is 2.37. The van der Waals surface area contributed by atoms with Crippen LogP contribution in [0.25, 0.3) is 17.3 Å². The Hall–Kier alpha value is -2.70. The van der Waals surface area contributed by atoms with Crippen LogP contribution < -0.4 is 4.74 Å². The third kappa shape index (κ3) is 2.79. The summed E-state index contributed by atoms with van der Waals surface area (Å²) in [5.41, 5.74) is 3.71. The Balaban J connectivity index is 1.80. The maximum atomic E-state index is 10.7. The van der Waals surface area contributed by atoms with Gasteiger partial charge in [-0.25, -0.2) is 0 Å². The molecule has 2 heterocycles. The van der Waals surface area contributed by atoms with Crippen molar-refractivity contribution < 1.29 is 9.84 Å². The summed E-state index contributed by atoms with van der Waals surface area (Å²) < 4.78 is 7.47. The number of hydrogen-bond donors (Lipinski definition) is 1. The first-order chi connectivity index (χ1) is 12.2. The van der Waals surface area contributed by atoms with Gasteiger partial charge in [-0.05, 0) is 36.5 Å². The van der Waals surface area contributed by atoms with Crippen LogP contribution in [0.1, 0.15) is 10.4 Å². The van der Waals surface area contributed by atoms with Crippen LogP contribution >= 0.6 is 23.6 Å². The van der Waals surface area contributed by atoms with Gasteiger partial charge in [0.15, 0.2) is 3.95 Å². The molecule has 0 aliphatic carbocycles. The summed E-state index contributed by atoms with van der Waals surface area (Å²) >= 11 is 6.82. The number of aromatic hydroxyl groups is 1. The molecule has 1 aromatic heterocycles. The summed E-state index contributed by atoms with van der Waals surface area (Å²) in [4.78, 5) is 5.10. The molecule has 0 amide bonds. The van der Waals surface area contributed by atoms with Crippen molar-refractivity contribution in [1.29, 1.82) is 0 Å². The SMILES string of the molecule is COc1cccc(-n2c(O)c(C=C3C=Nc4ccccc43)sc2=S)c1. The smallest absolute Gasteiger partial charge is 0.215 e. The lowest BCUT2D eigenvalue weighted by Crippen LogP contribution is -1.94. The van der Waals surface area contributed by atoms with E-state index in [1.54, 1.807) is 11.7 Å². The predicted octanol–water partition coefficient (Wildman–Crippen LogP) is 5.24. The van der Waals surface area contributed by atoms with Crippen LogP contribution in [0.2, 0.25) is 0 Å². The van der Waals surface area contributed by atoms with Crippen LogP contribution in [0.4, 0.5) is 5.69 Å². The number of thiazole rings is 1. The highest BCUT2D eigenvalue weighted by atomic mass is 32.1. The van der Waals surface area contributed by atoms with E-state index in [0.717, 1.165) is 22.5 Å². The molecule has 0 saturated heterocycles. The zero-order valence-electron chi connectivity index (χ0n) is 13.3. The van der Waals surface area contributed by atoms with E-state index >= 15 is 0 Å². The lowest BCUT2D eigenvalue weighted by molar-refractivity contribution is 0.413. The summed E-state index contributed by atoms with van der Waals surface area (Å²) in [5, 5.41) is 10.7. The largest absolute Gasteiger partial charge is 0.497 e. The number of aliphatic imine (C=N–C) groups is 1. The number of aromatic nitrogens is 1. The van der Waals surface area contributed by atoms with Gasteiger partial charge in [-0.1, -0.05) is 24.3 Å². The second-order valence-electron chi connectivity index (χ2n) is 5.47. The van der Waals surface area contributed by atoms with E-state index in [1.165, 1.54) is 11.3 Å². The van der Waals surface area contributed by atoms with E-state index in [1.807, 2.05) is 60.8 Å². The lowest BCUT2D eigenvalue weighted by Gasteiger charge is -2.07. The second kappa shape index (κ2) is 6.31. The van der Waals surface area contributed by atoms with E-state index in [0.29, 0.717) is 14.6 Å². The van der Waals surface area contributed by atoms with Gasteiger partial charge >= 0.3 is 0 Å². The van der Waals surface area contributed by atoms with Crippen molar-refractivity contribution in [1.82, 2.24) is 4.57 Å². The number of rotatable bonds is 3. The molecule has 0 bridgehead atoms. The van der Waals surface area contributed by atoms with E-state index in [9.17, 15) is 5.11 Å². The number of methoxy groups -OCH3 is 1. The highest BCUT2D eigenvalue weighted by molar-refractivity contribution is 7.73.